The highest BCUT2D eigenvalue weighted by atomic mass is 19.4. The number of carbonyl (C=O) groups excluding carboxylic acids is 2. The van der Waals surface area contributed by atoms with Crippen molar-refractivity contribution in [3.05, 3.63) is 100 Å². The smallest absolute Gasteiger partial charge is 0.416 e. The second-order valence-electron chi connectivity index (χ2n) is 7.63. The van der Waals surface area contributed by atoms with Gasteiger partial charge in [-0.05, 0) is 48.4 Å². The summed E-state index contributed by atoms with van der Waals surface area (Å²) in [5.41, 5.74) is 0.268. The quantitative estimate of drug-likeness (QED) is 0.365. The molecule has 1 aliphatic rings. The van der Waals surface area contributed by atoms with E-state index in [1.165, 1.54) is 37.3 Å². The Hall–Kier alpha value is -4.38. The van der Waals surface area contributed by atoms with Crippen molar-refractivity contribution in [3.8, 4) is 17.4 Å². The maximum atomic E-state index is 13.2. The SMILES string of the molecule is CC1=C(C#N)C(=O)N(Cc2ccccc2)C(=O)/C1=C/c1ccc(-c2cccc(C(F)(F)F)c2)o1. The summed E-state index contributed by atoms with van der Waals surface area (Å²) in [4.78, 5) is 26.9. The van der Waals surface area contributed by atoms with E-state index in [1.54, 1.807) is 30.3 Å². The number of hydrogen-bond acceptors (Lipinski definition) is 4. The van der Waals surface area contributed by atoms with Crippen LogP contribution >= 0.6 is 0 Å². The number of benzene rings is 2. The number of rotatable bonds is 4. The molecule has 0 fully saturated rings. The molecular weight excluding hydrogens is 445 g/mol. The van der Waals surface area contributed by atoms with Gasteiger partial charge in [0.05, 0.1) is 12.1 Å². The minimum absolute atomic E-state index is 0.0120. The molecule has 4 rings (SSSR count). The van der Waals surface area contributed by atoms with E-state index in [-0.39, 0.29) is 40.3 Å². The fourth-order valence-electron chi connectivity index (χ4n) is 3.62. The minimum atomic E-state index is -4.49. The monoisotopic (exact) mass is 462 g/mol. The second kappa shape index (κ2) is 8.87. The molecule has 0 spiro atoms. The van der Waals surface area contributed by atoms with Gasteiger partial charge in [-0.1, -0.05) is 42.5 Å². The van der Waals surface area contributed by atoms with Crippen molar-refractivity contribution in [2.24, 2.45) is 0 Å². The Kier molecular flexibility index (Phi) is 5.95. The van der Waals surface area contributed by atoms with E-state index >= 15 is 0 Å². The van der Waals surface area contributed by atoms with Crippen molar-refractivity contribution in [1.82, 2.24) is 4.90 Å². The number of hydrogen-bond donors (Lipinski definition) is 0. The van der Waals surface area contributed by atoms with Crippen LogP contribution in [0.15, 0.2) is 87.9 Å². The Labute approximate surface area is 193 Å². The zero-order valence-electron chi connectivity index (χ0n) is 17.9. The molecule has 0 radical (unpaired) electrons. The fraction of sp³-hybridized carbons (Fsp3) is 0.115. The lowest BCUT2D eigenvalue weighted by atomic mass is 9.94. The van der Waals surface area contributed by atoms with Crippen molar-refractivity contribution in [2.75, 3.05) is 0 Å². The van der Waals surface area contributed by atoms with Gasteiger partial charge in [0.1, 0.15) is 23.2 Å². The molecule has 8 heteroatoms. The van der Waals surface area contributed by atoms with E-state index in [1.807, 2.05) is 6.07 Å². The van der Waals surface area contributed by atoms with Crippen LogP contribution in [0.5, 0.6) is 0 Å². The minimum Gasteiger partial charge on any atom is -0.457 e. The highest BCUT2D eigenvalue weighted by molar-refractivity contribution is 6.19. The zero-order chi connectivity index (χ0) is 24.5. The van der Waals surface area contributed by atoms with Gasteiger partial charge in [0.25, 0.3) is 11.8 Å². The molecule has 0 unspecified atom stereocenters. The molecule has 170 valence electrons. The van der Waals surface area contributed by atoms with Gasteiger partial charge in [0, 0.05) is 11.1 Å². The maximum absolute atomic E-state index is 13.2. The van der Waals surface area contributed by atoms with Gasteiger partial charge in [-0.2, -0.15) is 18.4 Å². The van der Waals surface area contributed by atoms with Crippen molar-refractivity contribution >= 4 is 17.9 Å². The van der Waals surface area contributed by atoms with Gasteiger partial charge in [0.2, 0.25) is 0 Å². The van der Waals surface area contributed by atoms with Crippen LogP contribution in [0.4, 0.5) is 13.2 Å². The largest absolute Gasteiger partial charge is 0.457 e. The van der Waals surface area contributed by atoms with Crippen LogP contribution in [0.2, 0.25) is 0 Å². The number of halogens is 3. The highest BCUT2D eigenvalue weighted by Crippen LogP contribution is 2.34. The van der Waals surface area contributed by atoms with Crippen molar-refractivity contribution in [3.63, 3.8) is 0 Å². The number of alkyl halides is 3. The number of amides is 2. The fourth-order valence-corrected chi connectivity index (χ4v) is 3.62. The molecule has 1 aliphatic heterocycles. The summed E-state index contributed by atoms with van der Waals surface area (Å²) >= 11 is 0. The summed E-state index contributed by atoms with van der Waals surface area (Å²) in [6, 6.07) is 18.4. The van der Waals surface area contributed by atoms with Crippen LogP contribution in [-0.4, -0.2) is 16.7 Å². The van der Waals surface area contributed by atoms with Crippen LogP contribution in [0, 0.1) is 11.3 Å². The molecule has 5 nitrogen and oxygen atoms in total. The first-order valence-electron chi connectivity index (χ1n) is 10.2. The molecule has 0 saturated heterocycles. The predicted molar refractivity (Wildman–Crippen MR) is 117 cm³/mol. The van der Waals surface area contributed by atoms with Crippen LogP contribution in [0.25, 0.3) is 17.4 Å². The molecule has 2 amide bonds. The molecule has 0 aliphatic carbocycles. The molecule has 3 aromatic rings. The normalized spacial score (nSPS) is 15.7. The maximum Gasteiger partial charge on any atom is 0.416 e. The third-order valence-electron chi connectivity index (χ3n) is 5.40. The first-order chi connectivity index (χ1) is 16.2. The average Bonchev–Trinajstić information content (AvgIpc) is 3.29. The Bertz CT molecular complexity index is 1380. The molecule has 0 bridgehead atoms. The topological polar surface area (TPSA) is 74.3 Å². The van der Waals surface area contributed by atoms with Crippen LogP contribution in [0.1, 0.15) is 23.8 Å². The first-order valence-corrected chi connectivity index (χ1v) is 10.2. The molecular formula is C26H17F3N2O3. The number of furan rings is 1. The van der Waals surface area contributed by atoms with Crippen LogP contribution < -0.4 is 0 Å². The van der Waals surface area contributed by atoms with Crippen molar-refractivity contribution < 1.29 is 27.2 Å². The predicted octanol–water partition coefficient (Wildman–Crippen LogP) is 5.76. The lowest BCUT2D eigenvalue weighted by molar-refractivity contribution is -0.141. The Balaban J connectivity index is 1.70. The van der Waals surface area contributed by atoms with Crippen LogP contribution in [-0.2, 0) is 22.3 Å². The van der Waals surface area contributed by atoms with Gasteiger partial charge in [-0.3, -0.25) is 14.5 Å². The van der Waals surface area contributed by atoms with Crippen molar-refractivity contribution in [2.45, 2.75) is 19.6 Å². The summed E-state index contributed by atoms with van der Waals surface area (Å²) in [6.45, 7) is 1.48. The first kappa shape index (κ1) is 22.8. The third-order valence-corrected chi connectivity index (χ3v) is 5.40. The molecule has 1 aromatic heterocycles. The number of nitriles is 1. The van der Waals surface area contributed by atoms with E-state index in [2.05, 4.69) is 0 Å². The lowest BCUT2D eigenvalue weighted by Gasteiger charge is -2.27. The number of imide groups is 1. The third kappa shape index (κ3) is 4.41. The molecule has 0 saturated carbocycles. The van der Waals surface area contributed by atoms with Gasteiger partial charge >= 0.3 is 6.18 Å². The molecule has 2 aromatic carbocycles. The van der Waals surface area contributed by atoms with Gasteiger partial charge in [0.15, 0.2) is 0 Å². The number of nitrogens with zero attached hydrogens (tertiary/aromatic N) is 2. The van der Waals surface area contributed by atoms with E-state index in [0.717, 1.165) is 17.0 Å². The van der Waals surface area contributed by atoms with E-state index in [0.29, 0.717) is 5.56 Å². The highest BCUT2D eigenvalue weighted by Gasteiger charge is 2.35. The molecule has 0 atom stereocenters. The molecule has 2 heterocycles. The van der Waals surface area contributed by atoms with Crippen LogP contribution in [0.3, 0.4) is 0 Å². The number of carbonyl (C=O) groups is 2. The summed E-state index contributed by atoms with van der Waals surface area (Å²) in [7, 11) is 0. The van der Waals surface area contributed by atoms with E-state index in [4.69, 9.17) is 4.42 Å². The lowest BCUT2D eigenvalue weighted by Crippen LogP contribution is -2.42. The molecule has 34 heavy (non-hydrogen) atoms. The Morgan fingerprint density at radius 2 is 1.74 bits per heavy atom. The zero-order valence-corrected chi connectivity index (χ0v) is 17.9. The standard InChI is InChI=1S/C26H17F3N2O3/c1-16-21(24(32)31(25(33)22(16)14-30)15-17-6-3-2-4-7-17)13-20-10-11-23(34-20)18-8-5-9-19(12-18)26(27,28)29/h2-13H,15H2,1H3/b21-13+. The second-order valence-corrected chi connectivity index (χ2v) is 7.63. The van der Waals surface area contributed by atoms with Gasteiger partial charge < -0.3 is 4.42 Å². The summed E-state index contributed by atoms with van der Waals surface area (Å²) in [5, 5.41) is 9.52. The average molecular weight is 462 g/mol. The Morgan fingerprint density at radius 1 is 1.00 bits per heavy atom. The van der Waals surface area contributed by atoms with E-state index in [9.17, 15) is 28.0 Å². The summed E-state index contributed by atoms with van der Waals surface area (Å²) in [6.07, 6.45) is -3.11. The Morgan fingerprint density at radius 3 is 2.41 bits per heavy atom. The van der Waals surface area contributed by atoms with Crippen molar-refractivity contribution in [1.29, 1.82) is 5.26 Å². The molecule has 0 N–H and O–H groups in total. The van der Waals surface area contributed by atoms with Gasteiger partial charge in [-0.25, -0.2) is 0 Å². The van der Waals surface area contributed by atoms with E-state index < -0.39 is 23.6 Å². The summed E-state index contributed by atoms with van der Waals surface area (Å²) < 4.78 is 44.8. The van der Waals surface area contributed by atoms with Gasteiger partial charge in [-0.15, -0.1) is 0 Å². The summed E-state index contributed by atoms with van der Waals surface area (Å²) in [5.74, 6) is -0.903.